The molecule has 32 heavy (non-hydrogen) atoms. The Morgan fingerprint density at radius 3 is 2.69 bits per heavy atom. The normalized spacial score (nSPS) is 15.2. The summed E-state index contributed by atoms with van der Waals surface area (Å²) in [5.74, 6) is 0.315. The van der Waals surface area contributed by atoms with Gasteiger partial charge in [0.05, 0.1) is 29.8 Å². The van der Waals surface area contributed by atoms with Crippen LogP contribution in [0.1, 0.15) is 27.9 Å². The van der Waals surface area contributed by atoms with Gasteiger partial charge in [-0.25, -0.2) is 4.98 Å². The molecule has 0 spiro atoms. The molecule has 1 aliphatic heterocycles. The smallest absolute Gasteiger partial charge is 0.379 e. The molecule has 3 aromatic rings. The minimum absolute atomic E-state index is 0.152. The number of aromatic nitrogens is 2. The summed E-state index contributed by atoms with van der Waals surface area (Å²) in [6, 6.07) is 8.66. The van der Waals surface area contributed by atoms with Crippen molar-refractivity contribution in [2.75, 3.05) is 39.4 Å². The van der Waals surface area contributed by atoms with Gasteiger partial charge in [-0.3, -0.25) is 9.69 Å². The van der Waals surface area contributed by atoms with E-state index in [1.54, 1.807) is 18.2 Å². The van der Waals surface area contributed by atoms with Gasteiger partial charge < -0.3 is 15.0 Å². The first kappa shape index (κ1) is 22.3. The van der Waals surface area contributed by atoms with E-state index in [2.05, 4.69) is 20.2 Å². The number of hydrogen-bond donors (Lipinski definition) is 2. The molecule has 1 fully saturated rings. The Morgan fingerprint density at radius 1 is 1.19 bits per heavy atom. The Kier molecular flexibility index (Phi) is 6.48. The lowest BCUT2D eigenvalue weighted by molar-refractivity contribution is -0.137. The Bertz CT molecular complexity index is 1100. The van der Waals surface area contributed by atoms with Gasteiger partial charge in [0.15, 0.2) is 0 Å². The van der Waals surface area contributed by atoms with Crippen LogP contribution in [0.5, 0.6) is 0 Å². The Hall–Kier alpha value is -2.91. The summed E-state index contributed by atoms with van der Waals surface area (Å²) in [5, 5.41) is 2.94. The van der Waals surface area contributed by atoms with E-state index < -0.39 is 11.7 Å². The predicted molar refractivity (Wildman–Crippen MR) is 115 cm³/mol. The number of nitrogens with one attached hydrogen (secondary N) is 2. The number of carbonyl (C=O) groups is 1. The van der Waals surface area contributed by atoms with Gasteiger partial charge in [0.25, 0.3) is 5.91 Å². The fraction of sp³-hybridized carbons (Fsp3) is 0.391. The monoisotopic (exact) mass is 446 g/mol. The predicted octanol–water partition coefficient (Wildman–Crippen LogP) is 4.01. The molecule has 6 nitrogen and oxygen atoms in total. The highest BCUT2D eigenvalue weighted by molar-refractivity contribution is 5.95. The molecule has 2 aromatic carbocycles. The standard InChI is InChI=1S/C23H25F3N4O2/c1-15-13-16(22(31)27-7-2-8-30-9-11-32-12-10-30)3-5-18(15)21-28-19-6-4-17(23(24,25)26)14-20(19)29-21/h3-6,13-14H,2,7-12H2,1H3,(H,27,31)(H,28,29). The maximum atomic E-state index is 13.0. The van der Waals surface area contributed by atoms with E-state index in [1.165, 1.54) is 6.07 Å². The number of hydrogen-bond acceptors (Lipinski definition) is 4. The number of imidazole rings is 1. The highest BCUT2D eigenvalue weighted by Crippen LogP contribution is 2.32. The summed E-state index contributed by atoms with van der Waals surface area (Å²) in [6.07, 6.45) is -3.55. The molecule has 0 unspecified atom stereocenters. The van der Waals surface area contributed by atoms with Crippen LogP contribution in [0.4, 0.5) is 13.2 Å². The number of H-pyrrole nitrogens is 1. The molecule has 4 rings (SSSR count). The van der Waals surface area contributed by atoms with Crippen LogP contribution in [0.3, 0.4) is 0 Å². The molecule has 1 aliphatic rings. The molecular weight excluding hydrogens is 421 g/mol. The van der Waals surface area contributed by atoms with Gasteiger partial charge in [-0.2, -0.15) is 13.2 Å². The lowest BCUT2D eigenvalue weighted by Gasteiger charge is -2.26. The molecule has 1 amide bonds. The maximum absolute atomic E-state index is 13.0. The van der Waals surface area contributed by atoms with Crippen LogP contribution in [0.15, 0.2) is 36.4 Å². The second-order valence-electron chi connectivity index (χ2n) is 7.91. The zero-order valence-electron chi connectivity index (χ0n) is 17.8. The zero-order chi connectivity index (χ0) is 22.7. The Morgan fingerprint density at radius 2 is 1.97 bits per heavy atom. The molecule has 9 heteroatoms. The lowest BCUT2D eigenvalue weighted by Crippen LogP contribution is -2.38. The first-order valence-electron chi connectivity index (χ1n) is 10.6. The summed E-state index contributed by atoms with van der Waals surface area (Å²) < 4.78 is 44.2. The van der Waals surface area contributed by atoms with Crippen molar-refractivity contribution in [3.8, 4) is 11.4 Å². The van der Waals surface area contributed by atoms with Crippen molar-refractivity contribution < 1.29 is 22.7 Å². The summed E-state index contributed by atoms with van der Waals surface area (Å²) in [6.45, 7) is 6.71. The largest absolute Gasteiger partial charge is 0.416 e. The van der Waals surface area contributed by atoms with Crippen molar-refractivity contribution in [1.29, 1.82) is 0 Å². The quantitative estimate of drug-likeness (QED) is 0.562. The number of benzene rings is 2. The van der Waals surface area contributed by atoms with Crippen molar-refractivity contribution in [3.05, 3.63) is 53.1 Å². The topological polar surface area (TPSA) is 70.2 Å². The van der Waals surface area contributed by atoms with Crippen molar-refractivity contribution in [3.63, 3.8) is 0 Å². The maximum Gasteiger partial charge on any atom is 0.416 e. The van der Waals surface area contributed by atoms with Gasteiger partial charge in [0, 0.05) is 30.8 Å². The summed E-state index contributed by atoms with van der Waals surface area (Å²) in [4.78, 5) is 22.2. The third kappa shape index (κ3) is 5.11. The second-order valence-corrected chi connectivity index (χ2v) is 7.91. The van der Waals surface area contributed by atoms with Crippen LogP contribution in [0.2, 0.25) is 0 Å². The second kappa shape index (κ2) is 9.30. The number of fused-ring (bicyclic) bond motifs is 1. The lowest BCUT2D eigenvalue weighted by atomic mass is 10.0. The van der Waals surface area contributed by atoms with E-state index in [0.29, 0.717) is 29.0 Å². The molecule has 2 N–H and O–H groups in total. The number of halogens is 3. The van der Waals surface area contributed by atoms with Gasteiger partial charge in [-0.15, -0.1) is 0 Å². The van der Waals surface area contributed by atoms with Gasteiger partial charge in [0.2, 0.25) is 0 Å². The molecular formula is C23H25F3N4O2. The van der Waals surface area contributed by atoms with E-state index in [0.717, 1.165) is 62.5 Å². The number of aromatic amines is 1. The number of aryl methyl sites for hydroxylation is 1. The van der Waals surface area contributed by atoms with Gasteiger partial charge in [0.1, 0.15) is 5.82 Å². The van der Waals surface area contributed by atoms with Crippen LogP contribution in [-0.2, 0) is 10.9 Å². The minimum atomic E-state index is -4.41. The molecule has 2 heterocycles. The molecule has 0 bridgehead atoms. The van der Waals surface area contributed by atoms with Crippen LogP contribution in [0, 0.1) is 6.92 Å². The molecule has 0 atom stereocenters. The van der Waals surface area contributed by atoms with Crippen molar-refractivity contribution >= 4 is 16.9 Å². The summed E-state index contributed by atoms with van der Waals surface area (Å²) in [7, 11) is 0. The number of carbonyl (C=O) groups excluding carboxylic acids is 1. The van der Waals surface area contributed by atoms with Gasteiger partial charge in [-0.05, 0) is 55.8 Å². The minimum Gasteiger partial charge on any atom is -0.379 e. The average Bonchev–Trinajstić information content (AvgIpc) is 3.19. The summed E-state index contributed by atoms with van der Waals surface area (Å²) in [5.41, 5.74) is 2.12. The first-order valence-corrected chi connectivity index (χ1v) is 10.6. The van der Waals surface area contributed by atoms with Crippen molar-refractivity contribution in [2.24, 2.45) is 0 Å². The van der Waals surface area contributed by atoms with E-state index >= 15 is 0 Å². The highest BCUT2D eigenvalue weighted by atomic mass is 19.4. The summed E-state index contributed by atoms with van der Waals surface area (Å²) >= 11 is 0. The van der Waals surface area contributed by atoms with E-state index in [4.69, 9.17) is 4.74 Å². The number of nitrogens with zero attached hydrogens (tertiary/aromatic N) is 2. The molecule has 170 valence electrons. The third-order valence-corrected chi connectivity index (χ3v) is 5.59. The third-order valence-electron chi connectivity index (χ3n) is 5.59. The van der Waals surface area contributed by atoms with Gasteiger partial charge >= 0.3 is 6.18 Å². The number of rotatable bonds is 6. The molecule has 0 aliphatic carbocycles. The van der Waals surface area contributed by atoms with Crippen LogP contribution in [-0.4, -0.2) is 60.2 Å². The van der Waals surface area contributed by atoms with E-state index in [1.807, 2.05) is 6.92 Å². The zero-order valence-corrected chi connectivity index (χ0v) is 17.8. The Balaban J connectivity index is 1.40. The van der Waals surface area contributed by atoms with E-state index in [-0.39, 0.29) is 5.91 Å². The number of alkyl halides is 3. The molecule has 1 aromatic heterocycles. The first-order chi connectivity index (χ1) is 15.3. The van der Waals surface area contributed by atoms with Crippen molar-refractivity contribution in [2.45, 2.75) is 19.5 Å². The van der Waals surface area contributed by atoms with Crippen LogP contribution in [0.25, 0.3) is 22.4 Å². The van der Waals surface area contributed by atoms with Crippen LogP contribution >= 0.6 is 0 Å². The molecule has 0 saturated carbocycles. The Labute approximate surface area is 183 Å². The fourth-order valence-electron chi connectivity index (χ4n) is 3.82. The molecule has 0 radical (unpaired) electrons. The number of ether oxygens (including phenoxy) is 1. The van der Waals surface area contributed by atoms with Crippen LogP contribution < -0.4 is 5.32 Å². The average molecular weight is 446 g/mol. The molecule has 1 saturated heterocycles. The van der Waals surface area contributed by atoms with Crippen molar-refractivity contribution in [1.82, 2.24) is 20.2 Å². The number of amides is 1. The number of morpholine rings is 1. The SMILES string of the molecule is Cc1cc(C(=O)NCCCN2CCOCC2)ccc1-c1nc2ccc(C(F)(F)F)cc2[nH]1. The fourth-order valence-corrected chi connectivity index (χ4v) is 3.82. The van der Waals surface area contributed by atoms with E-state index in [9.17, 15) is 18.0 Å². The highest BCUT2D eigenvalue weighted by Gasteiger charge is 2.30. The van der Waals surface area contributed by atoms with Gasteiger partial charge in [-0.1, -0.05) is 6.07 Å².